The summed E-state index contributed by atoms with van der Waals surface area (Å²) in [6.45, 7) is 0.0817. The van der Waals surface area contributed by atoms with Crippen molar-refractivity contribution in [1.82, 2.24) is 15.3 Å². The molecule has 1 saturated carbocycles. The Bertz CT molecular complexity index is 869. The Kier molecular flexibility index (Phi) is 6.23. The van der Waals surface area contributed by atoms with Crippen molar-refractivity contribution in [2.24, 2.45) is 0 Å². The van der Waals surface area contributed by atoms with Gasteiger partial charge in [-0.15, -0.1) is 26.0 Å². The van der Waals surface area contributed by atoms with Gasteiger partial charge in [-0.2, -0.15) is 0 Å². The number of benzene rings is 1. The summed E-state index contributed by atoms with van der Waals surface area (Å²) in [6.07, 6.45) is 5.11. The molecule has 1 aromatic heterocycles. The smallest absolute Gasteiger partial charge is 0.406 e. The van der Waals surface area contributed by atoms with E-state index in [2.05, 4.69) is 32.9 Å². The first-order valence-corrected chi connectivity index (χ1v) is 7.87. The van der Waals surface area contributed by atoms with Crippen molar-refractivity contribution < 1.29 is 22.7 Å². The molecular weight excluding hydrogens is 363 g/mol. The molecule has 0 unspecified atom stereocenters. The number of rotatable bonds is 5. The van der Waals surface area contributed by atoms with Gasteiger partial charge in [0.05, 0.1) is 0 Å². The highest BCUT2D eigenvalue weighted by atomic mass is 19.4. The van der Waals surface area contributed by atoms with Crippen molar-refractivity contribution in [2.45, 2.75) is 31.7 Å². The number of carbonyl (C=O) groups excluding carboxylic acids is 1. The Labute approximate surface area is 152 Å². The lowest BCUT2D eigenvalue weighted by atomic mass is 10.2. The third kappa shape index (κ3) is 6.18. The van der Waals surface area contributed by atoms with Gasteiger partial charge >= 0.3 is 6.36 Å². The first-order valence-electron chi connectivity index (χ1n) is 7.87. The maximum absolute atomic E-state index is 12.1. The number of aromatic amines is 1. The highest BCUT2D eigenvalue weighted by Gasteiger charge is 2.31. The summed E-state index contributed by atoms with van der Waals surface area (Å²) >= 11 is 0. The Hall–Kier alpha value is -3.28. The third-order valence-corrected chi connectivity index (χ3v) is 3.57. The number of amides is 1. The summed E-state index contributed by atoms with van der Waals surface area (Å²) in [7, 11) is 0. The Morgan fingerprint density at radius 3 is 2.44 bits per heavy atom. The molecule has 9 heteroatoms. The van der Waals surface area contributed by atoms with Crippen molar-refractivity contribution in [3.05, 3.63) is 57.8 Å². The van der Waals surface area contributed by atoms with Crippen LogP contribution in [0.1, 0.15) is 40.6 Å². The van der Waals surface area contributed by atoms with Crippen molar-refractivity contribution in [1.29, 1.82) is 0 Å². The molecule has 2 aromatic rings. The lowest BCUT2D eigenvalue weighted by molar-refractivity contribution is -0.274. The number of H-pyrrole nitrogens is 1. The zero-order valence-electron chi connectivity index (χ0n) is 14.0. The Balaban J connectivity index is 0.00000126. The fraction of sp³-hybridized carbons (Fsp3) is 0.278. The van der Waals surface area contributed by atoms with Crippen LogP contribution >= 0.6 is 0 Å². The van der Waals surface area contributed by atoms with E-state index in [9.17, 15) is 22.8 Å². The molecule has 1 heterocycles. The van der Waals surface area contributed by atoms with Crippen LogP contribution in [0.3, 0.4) is 0 Å². The molecule has 3 rings (SSSR count). The molecule has 0 aliphatic heterocycles. The second-order valence-corrected chi connectivity index (χ2v) is 5.66. The fourth-order valence-electron chi connectivity index (χ4n) is 2.22. The largest absolute Gasteiger partial charge is 0.573 e. The van der Waals surface area contributed by atoms with Crippen molar-refractivity contribution in [3.8, 4) is 18.6 Å². The molecule has 0 bridgehead atoms. The van der Waals surface area contributed by atoms with Crippen LogP contribution in [0.25, 0.3) is 0 Å². The molecular formula is C18H16F3N3O3. The van der Waals surface area contributed by atoms with Crippen LogP contribution in [0, 0.1) is 12.8 Å². The summed E-state index contributed by atoms with van der Waals surface area (Å²) in [4.78, 5) is 30.5. The van der Waals surface area contributed by atoms with Gasteiger partial charge in [-0.25, -0.2) is 4.98 Å². The van der Waals surface area contributed by atoms with E-state index in [0.717, 1.165) is 31.0 Å². The standard InChI is InChI=1S/C16H14F3N3O3.C2H2/c17-16(18,19)25-11-5-1-9(2-6-11)8-20-15(24)12-7-13(23)22-14(21-12)10-3-4-10;1-2/h1-2,5-7,10H,3-4,8H2,(H,20,24)(H,21,22,23);1-2H. The van der Waals surface area contributed by atoms with Crippen molar-refractivity contribution in [3.63, 3.8) is 0 Å². The van der Waals surface area contributed by atoms with E-state index >= 15 is 0 Å². The van der Waals surface area contributed by atoms with Gasteiger partial charge in [0.2, 0.25) is 0 Å². The summed E-state index contributed by atoms with van der Waals surface area (Å²) in [5, 5.41) is 2.58. The predicted octanol–water partition coefficient (Wildman–Crippen LogP) is 2.73. The zero-order chi connectivity index (χ0) is 20.0. The maximum Gasteiger partial charge on any atom is 0.573 e. The molecule has 0 spiro atoms. The quantitative estimate of drug-likeness (QED) is 0.783. The van der Waals surface area contributed by atoms with Crippen LogP contribution in [0.5, 0.6) is 5.75 Å². The topological polar surface area (TPSA) is 84.1 Å². The van der Waals surface area contributed by atoms with E-state index in [-0.39, 0.29) is 23.9 Å². The average Bonchev–Trinajstić information content (AvgIpc) is 3.46. The van der Waals surface area contributed by atoms with Crippen LogP contribution in [-0.2, 0) is 6.54 Å². The van der Waals surface area contributed by atoms with E-state index in [0.29, 0.717) is 11.4 Å². The number of alkyl halides is 3. The molecule has 1 aromatic carbocycles. The zero-order valence-corrected chi connectivity index (χ0v) is 14.0. The van der Waals surface area contributed by atoms with Gasteiger partial charge in [0.15, 0.2) is 0 Å². The Morgan fingerprint density at radius 1 is 1.26 bits per heavy atom. The summed E-state index contributed by atoms with van der Waals surface area (Å²) in [5.74, 6) is -0.163. The minimum atomic E-state index is -4.75. The number of carbonyl (C=O) groups is 1. The number of halogens is 3. The molecule has 1 aliphatic rings. The summed E-state index contributed by atoms with van der Waals surface area (Å²) in [5.41, 5.74) is 0.202. The third-order valence-electron chi connectivity index (χ3n) is 3.57. The molecule has 1 fully saturated rings. The highest BCUT2D eigenvalue weighted by molar-refractivity contribution is 5.92. The first-order chi connectivity index (χ1) is 12.8. The fourth-order valence-corrected chi connectivity index (χ4v) is 2.22. The molecule has 6 nitrogen and oxygen atoms in total. The van der Waals surface area contributed by atoms with Gasteiger partial charge < -0.3 is 15.0 Å². The molecule has 2 N–H and O–H groups in total. The van der Waals surface area contributed by atoms with Gasteiger partial charge in [0.25, 0.3) is 11.5 Å². The Morgan fingerprint density at radius 2 is 1.89 bits per heavy atom. The monoisotopic (exact) mass is 379 g/mol. The number of terminal acetylenes is 1. The molecule has 1 amide bonds. The van der Waals surface area contributed by atoms with Crippen LogP contribution in [0.15, 0.2) is 35.1 Å². The van der Waals surface area contributed by atoms with Gasteiger partial charge in [-0.3, -0.25) is 9.59 Å². The molecule has 0 atom stereocenters. The second-order valence-electron chi connectivity index (χ2n) is 5.66. The van der Waals surface area contributed by atoms with E-state index in [4.69, 9.17) is 0 Å². The van der Waals surface area contributed by atoms with Crippen molar-refractivity contribution in [2.75, 3.05) is 0 Å². The highest BCUT2D eigenvalue weighted by Crippen LogP contribution is 2.37. The van der Waals surface area contributed by atoms with Gasteiger partial charge in [0, 0.05) is 18.5 Å². The predicted molar refractivity (Wildman–Crippen MR) is 91.0 cm³/mol. The molecule has 27 heavy (non-hydrogen) atoms. The van der Waals surface area contributed by atoms with E-state index in [1.54, 1.807) is 0 Å². The number of nitrogens with zero attached hydrogens (tertiary/aromatic N) is 1. The number of ether oxygens (including phenoxy) is 1. The summed E-state index contributed by atoms with van der Waals surface area (Å²) in [6, 6.07) is 6.24. The first kappa shape index (κ1) is 20.0. The lowest BCUT2D eigenvalue weighted by Crippen LogP contribution is -2.26. The summed E-state index contributed by atoms with van der Waals surface area (Å²) < 4.78 is 40.1. The van der Waals surface area contributed by atoms with Crippen LogP contribution in [0.4, 0.5) is 13.2 Å². The number of nitrogens with one attached hydrogen (secondary N) is 2. The molecule has 0 saturated heterocycles. The lowest BCUT2D eigenvalue weighted by Gasteiger charge is -2.10. The number of hydrogen-bond acceptors (Lipinski definition) is 4. The number of hydrogen-bond donors (Lipinski definition) is 2. The average molecular weight is 379 g/mol. The molecule has 142 valence electrons. The van der Waals surface area contributed by atoms with Crippen LogP contribution in [-0.4, -0.2) is 22.2 Å². The molecule has 0 radical (unpaired) electrons. The number of aromatic nitrogens is 2. The minimum absolute atomic E-state index is 0.0164. The van der Waals surface area contributed by atoms with E-state index in [1.807, 2.05) is 0 Å². The van der Waals surface area contributed by atoms with Gasteiger partial charge in [0.1, 0.15) is 17.3 Å². The minimum Gasteiger partial charge on any atom is -0.406 e. The van der Waals surface area contributed by atoms with Gasteiger partial charge in [-0.05, 0) is 30.5 Å². The maximum atomic E-state index is 12.1. The van der Waals surface area contributed by atoms with Gasteiger partial charge in [-0.1, -0.05) is 12.1 Å². The van der Waals surface area contributed by atoms with Crippen molar-refractivity contribution >= 4 is 5.91 Å². The SMILES string of the molecule is C#C.O=C(NCc1ccc(OC(F)(F)F)cc1)c1cc(=O)[nH]c(C2CC2)n1. The van der Waals surface area contributed by atoms with E-state index < -0.39 is 17.8 Å². The second kappa shape index (κ2) is 8.40. The molecule has 1 aliphatic carbocycles. The normalized spacial score (nSPS) is 13.2. The van der Waals surface area contributed by atoms with Crippen LogP contribution < -0.4 is 15.6 Å². The van der Waals surface area contributed by atoms with E-state index in [1.165, 1.54) is 12.1 Å². The van der Waals surface area contributed by atoms with Crippen LogP contribution in [0.2, 0.25) is 0 Å².